The lowest BCUT2D eigenvalue weighted by molar-refractivity contribution is -0.157. The highest BCUT2D eigenvalue weighted by Crippen LogP contribution is 2.15. The van der Waals surface area contributed by atoms with E-state index in [1.165, 1.54) is 0 Å². The van der Waals surface area contributed by atoms with Gasteiger partial charge in [-0.2, -0.15) is 0 Å². The lowest BCUT2D eigenvalue weighted by atomic mass is 10.1. The summed E-state index contributed by atoms with van der Waals surface area (Å²) in [6.07, 6.45) is 2.06. The smallest absolute Gasteiger partial charge is 0.306 e. The maximum Gasteiger partial charge on any atom is 0.306 e. The molecule has 0 aliphatic heterocycles. The number of hydrogen-bond acceptors (Lipinski definition) is 3. The van der Waals surface area contributed by atoms with Crippen molar-refractivity contribution in [2.75, 3.05) is 13.7 Å². The van der Waals surface area contributed by atoms with Crippen molar-refractivity contribution in [1.29, 1.82) is 0 Å². The summed E-state index contributed by atoms with van der Waals surface area (Å²) in [4.78, 5) is 11.2. The lowest BCUT2D eigenvalue weighted by Gasteiger charge is -2.24. The van der Waals surface area contributed by atoms with Crippen molar-refractivity contribution in [3.8, 4) is 0 Å². The van der Waals surface area contributed by atoms with Crippen LogP contribution in [0.3, 0.4) is 0 Å². The third-order valence-electron chi connectivity index (χ3n) is 1.75. The molecule has 0 atom stereocenters. The van der Waals surface area contributed by atoms with Gasteiger partial charge in [0.2, 0.25) is 0 Å². The van der Waals surface area contributed by atoms with E-state index in [9.17, 15) is 4.79 Å². The molecule has 0 rings (SSSR count). The van der Waals surface area contributed by atoms with Gasteiger partial charge in [0.1, 0.15) is 5.60 Å². The Labute approximate surface area is 80.4 Å². The average molecular weight is 188 g/mol. The Morgan fingerprint density at radius 3 is 2.46 bits per heavy atom. The largest absolute Gasteiger partial charge is 0.460 e. The Kier molecular flexibility index (Phi) is 5.71. The topological polar surface area (TPSA) is 35.5 Å². The first kappa shape index (κ1) is 12.4. The van der Waals surface area contributed by atoms with Crippen LogP contribution in [-0.4, -0.2) is 25.3 Å². The van der Waals surface area contributed by atoms with E-state index in [1.807, 2.05) is 20.8 Å². The Balaban J connectivity index is 3.79. The zero-order chi connectivity index (χ0) is 10.3. The van der Waals surface area contributed by atoms with Crippen molar-refractivity contribution in [3.63, 3.8) is 0 Å². The van der Waals surface area contributed by atoms with Gasteiger partial charge >= 0.3 is 5.97 Å². The van der Waals surface area contributed by atoms with Gasteiger partial charge in [0.05, 0.1) is 0 Å². The molecule has 13 heavy (non-hydrogen) atoms. The van der Waals surface area contributed by atoms with E-state index in [0.717, 1.165) is 12.8 Å². The summed E-state index contributed by atoms with van der Waals surface area (Å²) in [6.45, 7) is 6.38. The number of carbonyl (C=O) groups excluding carboxylic acids is 1. The first-order valence-electron chi connectivity index (χ1n) is 4.72. The van der Waals surface area contributed by atoms with Crippen LogP contribution < -0.4 is 0 Å². The van der Waals surface area contributed by atoms with Gasteiger partial charge in [-0.1, -0.05) is 6.92 Å². The van der Waals surface area contributed by atoms with Crippen LogP contribution in [0, 0.1) is 0 Å². The van der Waals surface area contributed by atoms with Crippen LogP contribution in [0.1, 0.15) is 40.0 Å². The van der Waals surface area contributed by atoms with E-state index in [-0.39, 0.29) is 5.97 Å². The predicted octanol–water partition coefficient (Wildman–Crippen LogP) is 2.14. The molecule has 0 spiro atoms. The van der Waals surface area contributed by atoms with Crippen molar-refractivity contribution in [2.45, 2.75) is 45.6 Å². The van der Waals surface area contributed by atoms with Crippen LogP contribution in [0.5, 0.6) is 0 Å². The summed E-state index contributed by atoms with van der Waals surface area (Å²) in [7, 11) is 1.64. The van der Waals surface area contributed by atoms with Gasteiger partial charge in [-0.15, -0.1) is 0 Å². The van der Waals surface area contributed by atoms with Gasteiger partial charge in [-0.05, 0) is 20.3 Å². The van der Waals surface area contributed by atoms with Gasteiger partial charge in [-0.3, -0.25) is 4.79 Å². The summed E-state index contributed by atoms with van der Waals surface area (Å²) in [5, 5.41) is 0. The molecule has 0 fully saturated rings. The molecule has 0 aromatic carbocycles. The van der Waals surface area contributed by atoms with Crippen LogP contribution in [0.25, 0.3) is 0 Å². The number of esters is 1. The molecule has 0 N–H and O–H groups in total. The Morgan fingerprint density at radius 2 is 2.00 bits per heavy atom. The van der Waals surface area contributed by atoms with E-state index in [1.54, 1.807) is 7.11 Å². The van der Waals surface area contributed by atoms with E-state index in [4.69, 9.17) is 9.47 Å². The maximum atomic E-state index is 11.2. The number of rotatable bonds is 6. The van der Waals surface area contributed by atoms with Crippen LogP contribution in [-0.2, 0) is 14.3 Å². The molecule has 0 aliphatic carbocycles. The summed E-state index contributed by atoms with van der Waals surface area (Å²) in [5.74, 6) is -0.122. The van der Waals surface area contributed by atoms with Gasteiger partial charge in [0, 0.05) is 26.6 Å². The van der Waals surface area contributed by atoms with Crippen LogP contribution >= 0.6 is 0 Å². The van der Waals surface area contributed by atoms with Crippen LogP contribution in [0.2, 0.25) is 0 Å². The first-order chi connectivity index (χ1) is 6.02. The molecule has 0 saturated heterocycles. The lowest BCUT2D eigenvalue weighted by Crippen LogP contribution is -2.29. The number of ether oxygens (including phenoxy) is 2. The third kappa shape index (κ3) is 6.58. The Bertz CT molecular complexity index is 152. The summed E-state index contributed by atoms with van der Waals surface area (Å²) in [5.41, 5.74) is -0.401. The minimum atomic E-state index is -0.401. The van der Waals surface area contributed by atoms with Gasteiger partial charge in [-0.25, -0.2) is 0 Å². The van der Waals surface area contributed by atoms with Gasteiger partial charge in [0.25, 0.3) is 0 Å². The van der Waals surface area contributed by atoms with Crippen molar-refractivity contribution in [3.05, 3.63) is 0 Å². The zero-order valence-corrected chi connectivity index (χ0v) is 9.05. The molecule has 0 aromatic rings. The first-order valence-corrected chi connectivity index (χ1v) is 4.72. The van der Waals surface area contributed by atoms with E-state index >= 15 is 0 Å². The van der Waals surface area contributed by atoms with E-state index in [0.29, 0.717) is 13.0 Å². The third-order valence-corrected chi connectivity index (χ3v) is 1.75. The average Bonchev–Trinajstić information content (AvgIpc) is 2.00. The monoisotopic (exact) mass is 188 g/mol. The van der Waals surface area contributed by atoms with E-state index in [2.05, 4.69) is 0 Å². The fourth-order valence-electron chi connectivity index (χ4n) is 0.962. The van der Waals surface area contributed by atoms with Crippen molar-refractivity contribution < 1.29 is 14.3 Å². The highest BCUT2D eigenvalue weighted by molar-refractivity contribution is 5.69. The quantitative estimate of drug-likeness (QED) is 0.599. The summed E-state index contributed by atoms with van der Waals surface area (Å²) in [6, 6.07) is 0. The van der Waals surface area contributed by atoms with Crippen LogP contribution in [0.15, 0.2) is 0 Å². The molecule has 3 nitrogen and oxygen atoms in total. The highest BCUT2D eigenvalue weighted by Gasteiger charge is 2.21. The molecular formula is C10H20O3. The molecule has 3 heteroatoms. The van der Waals surface area contributed by atoms with Crippen LogP contribution in [0.4, 0.5) is 0 Å². The second-order valence-electron chi connectivity index (χ2n) is 3.73. The normalized spacial score (nSPS) is 11.4. The minimum absolute atomic E-state index is 0.122. The Hall–Kier alpha value is -0.570. The summed E-state index contributed by atoms with van der Waals surface area (Å²) < 4.78 is 10.2. The molecule has 0 amide bonds. The standard InChI is InChI=1S/C10H20O3/c1-5-6-9(11)13-10(2,3)7-8-12-4/h5-8H2,1-4H3. The number of methoxy groups -OCH3 is 1. The predicted molar refractivity (Wildman–Crippen MR) is 51.6 cm³/mol. The SMILES string of the molecule is CCCC(=O)OC(C)(C)CCOC. The fourth-order valence-corrected chi connectivity index (χ4v) is 0.962. The number of carbonyl (C=O) groups is 1. The molecule has 0 unspecified atom stereocenters. The van der Waals surface area contributed by atoms with Crippen molar-refractivity contribution in [1.82, 2.24) is 0 Å². The second kappa shape index (κ2) is 5.97. The van der Waals surface area contributed by atoms with Crippen molar-refractivity contribution >= 4 is 5.97 Å². The molecule has 0 aromatic heterocycles. The molecule has 0 heterocycles. The van der Waals surface area contributed by atoms with E-state index < -0.39 is 5.60 Å². The molecule has 0 aliphatic rings. The van der Waals surface area contributed by atoms with Gasteiger partial charge in [0.15, 0.2) is 0 Å². The summed E-state index contributed by atoms with van der Waals surface area (Å²) >= 11 is 0. The molecule has 0 radical (unpaired) electrons. The number of hydrogen-bond donors (Lipinski definition) is 0. The molecule has 0 saturated carbocycles. The Morgan fingerprint density at radius 1 is 1.38 bits per heavy atom. The second-order valence-corrected chi connectivity index (χ2v) is 3.73. The molecule has 78 valence electrons. The molecule has 0 bridgehead atoms. The minimum Gasteiger partial charge on any atom is -0.460 e. The van der Waals surface area contributed by atoms with Gasteiger partial charge < -0.3 is 9.47 Å². The fraction of sp³-hybridized carbons (Fsp3) is 0.900. The van der Waals surface area contributed by atoms with Crippen molar-refractivity contribution in [2.24, 2.45) is 0 Å². The zero-order valence-electron chi connectivity index (χ0n) is 9.05. The molecular weight excluding hydrogens is 168 g/mol. The maximum absolute atomic E-state index is 11.2. The highest BCUT2D eigenvalue weighted by atomic mass is 16.6.